The first-order valence-electron chi connectivity index (χ1n) is 2.57. The number of carbonyl (C=O) groups is 1. The van der Waals surface area contributed by atoms with Gasteiger partial charge in [0, 0.05) is 0 Å². The van der Waals surface area contributed by atoms with Gasteiger partial charge in [0.2, 0.25) is 5.76 Å². The van der Waals surface area contributed by atoms with E-state index in [-0.39, 0.29) is 11.6 Å². The minimum absolute atomic E-state index is 0.0225. The molecule has 3 nitrogen and oxygen atoms in total. The standard InChI is InChI=1S/C6H6ClNO2/c1-2-5(4-8)10-6(9)3-7/h2H,3H2,1H3/b5-2+. The Labute approximate surface area is 63.8 Å². The number of ether oxygens (including phenoxy) is 1. The average Bonchev–Trinajstić information content (AvgIpc) is 1.99. The number of esters is 1. The van der Waals surface area contributed by atoms with E-state index in [4.69, 9.17) is 16.9 Å². The first-order chi connectivity index (χ1) is 4.74. The van der Waals surface area contributed by atoms with Crippen LogP contribution in [0.4, 0.5) is 0 Å². The van der Waals surface area contributed by atoms with Gasteiger partial charge in [0.15, 0.2) is 0 Å². The van der Waals surface area contributed by atoms with E-state index in [0.29, 0.717) is 0 Å². The van der Waals surface area contributed by atoms with Gasteiger partial charge >= 0.3 is 5.97 Å². The van der Waals surface area contributed by atoms with Gasteiger partial charge in [-0.2, -0.15) is 5.26 Å². The fourth-order valence-electron chi connectivity index (χ4n) is 0.296. The lowest BCUT2D eigenvalue weighted by Crippen LogP contribution is -2.03. The van der Waals surface area contributed by atoms with Gasteiger partial charge in [-0.3, -0.25) is 4.79 Å². The lowest BCUT2D eigenvalue weighted by molar-refractivity contribution is -0.135. The van der Waals surface area contributed by atoms with Crippen LogP contribution in [0.1, 0.15) is 6.92 Å². The van der Waals surface area contributed by atoms with Crippen LogP contribution in [-0.4, -0.2) is 11.8 Å². The SMILES string of the molecule is C/C=C(\C#N)OC(=O)CCl. The van der Waals surface area contributed by atoms with E-state index in [9.17, 15) is 4.79 Å². The Bertz CT molecular complexity index is 192. The van der Waals surface area contributed by atoms with Crippen LogP contribution in [0.25, 0.3) is 0 Å². The maximum absolute atomic E-state index is 10.4. The van der Waals surface area contributed by atoms with Crippen LogP contribution < -0.4 is 0 Å². The van der Waals surface area contributed by atoms with E-state index in [0.717, 1.165) is 0 Å². The summed E-state index contributed by atoms with van der Waals surface area (Å²) in [6.45, 7) is 1.60. The highest BCUT2D eigenvalue weighted by Gasteiger charge is 2.01. The first kappa shape index (κ1) is 8.99. The summed E-state index contributed by atoms with van der Waals surface area (Å²) in [7, 11) is 0. The predicted molar refractivity (Wildman–Crippen MR) is 36.2 cm³/mol. The first-order valence-corrected chi connectivity index (χ1v) is 3.11. The number of halogens is 1. The van der Waals surface area contributed by atoms with Crippen molar-refractivity contribution in [3.63, 3.8) is 0 Å². The van der Waals surface area contributed by atoms with Gasteiger partial charge in [0.05, 0.1) is 0 Å². The highest BCUT2D eigenvalue weighted by atomic mass is 35.5. The molecule has 0 N–H and O–H groups in total. The van der Waals surface area contributed by atoms with Crippen LogP contribution in [0.2, 0.25) is 0 Å². The highest BCUT2D eigenvalue weighted by molar-refractivity contribution is 6.26. The van der Waals surface area contributed by atoms with Crippen molar-refractivity contribution >= 4 is 17.6 Å². The number of allylic oxidation sites excluding steroid dienone is 2. The molecule has 0 saturated carbocycles. The summed E-state index contributed by atoms with van der Waals surface area (Å²) in [4.78, 5) is 10.4. The quantitative estimate of drug-likeness (QED) is 0.263. The topological polar surface area (TPSA) is 50.1 Å². The molecule has 54 valence electrons. The normalized spacial score (nSPS) is 10.3. The molecule has 0 atom stereocenters. The Morgan fingerprint density at radius 3 is 2.80 bits per heavy atom. The lowest BCUT2D eigenvalue weighted by Gasteiger charge is -1.95. The summed E-state index contributed by atoms with van der Waals surface area (Å²) in [5.74, 6) is -0.874. The Morgan fingerprint density at radius 1 is 1.90 bits per heavy atom. The molecular formula is C6H6ClNO2. The molecule has 0 aliphatic heterocycles. The van der Waals surface area contributed by atoms with Gasteiger partial charge in [-0.1, -0.05) is 0 Å². The molecule has 0 amide bonds. The summed E-state index contributed by atoms with van der Waals surface area (Å²) >= 11 is 5.10. The fraction of sp³-hybridized carbons (Fsp3) is 0.333. The van der Waals surface area contributed by atoms with Crippen molar-refractivity contribution in [1.82, 2.24) is 0 Å². The molecule has 4 heteroatoms. The average molecular weight is 160 g/mol. The van der Waals surface area contributed by atoms with Crippen LogP contribution in [-0.2, 0) is 9.53 Å². The second-order valence-corrected chi connectivity index (χ2v) is 1.64. The van der Waals surface area contributed by atoms with Crippen molar-refractivity contribution in [1.29, 1.82) is 5.26 Å². The van der Waals surface area contributed by atoms with Crippen molar-refractivity contribution in [3.8, 4) is 6.07 Å². The van der Waals surface area contributed by atoms with Gasteiger partial charge in [-0.15, -0.1) is 11.6 Å². The summed E-state index contributed by atoms with van der Waals surface area (Å²) in [5.41, 5.74) is 0. The predicted octanol–water partition coefficient (Wildman–Crippen LogP) is 1.20. The largest absolute Gasteiger partial charge is 0.414 e. The summed E-state index contributed by atoms with van der Waals surface area (Å²) in [6, 6.07) is 1.68. The van der Waals surface area contributed by atoms with E-state index in [1.54, 1.807) is 13.0 Å². The molecule has 0 bridgehead atoms. The molecule has 0 rings (SSSR count). The van der Waals surface area contributed by atoms with E-state index >= 15 is 0 Å². The van der Waals surface area contributed by atoms with E-state index in [2.05, 4.69) is 4.74 Å². The number of nitriles is 1. The second-order valence-electron chi connectivity index (χ2n) is 1.37. The van der Waals surface area contributed by atoms with E-state index in [1.165, 1.54) is 6.08 Å². The molecule has 10 heavy (non-hydrogen) atoms. The van der Waals surface area contributed by atoms with Crippen LogP contribution in [0, 0.1) is 11.3 Å². The molecule has 0 aromatic carbocycles. The van der Waals surface area contributed by atoms with Gasteiger partial charge < -0.3 is 4.74 Å². The molecule has 0 aliphatic rings. The molecular weight excluding hydrogens is 154 g/mol. The van der Waals surface area contributed by atoms with Crippen molar-refractivity contribution in [3.05, 3.63) is 11.8 Å². The van der Waals surface area contributed by atoms with Crippen molar-refractivity contribution < 1.29 is 9.53 Å². The van der Waals surface area contributed by atoms with Gasteiger partial charge in [-0.05, 0) is 13.0 Å². The zero-order valence-electron chi connectivity index (χ0n) is 5.43. The number of carbonyl (C=O) groups excluding carboxylic acids is 1. The van der Waals surface area contributed by atoms with Crippen LogP contribution in [0.3, 0.4) is 0 Å². The summed E-state index contributed by atoms with van der Waals surface area (Å²) < 4.78 is 4.43. The van der Waals surface area contributed by atoms with E-state index < -0.39 is 5.97 Å². The molecule has 0 unspecified atom stereocenters. The Kier molecular flexibility index (Phi) is 4.34. The molecule has 0 aliphatic carbocycles. The monoisotopic (exact) mass is 159 g/mol. The molecule has 0 fully saturated rings. The number of hydrogen-bond acceptors (Lipinski definition) is 3. The van der Waals surface area contributed by atoms with Crippen LogP contribution >= 0.6 is 11.6 Å². The molecule has 0 spiro atoms. The second kappa shape index (κ2) is 4.83. The van der Waals surface area contributed by atoms with E-state index in [1.807, 2.05) is 0 Å². The van der Waals surface area contributed by atoms with Crippen molar-refractivity contribution in [2.24, 2.45) is 0 Å². The maximum Gasteiger partial charge on any atom is 0.326 e. The van der Waals surface area contributed by atoms with Crippen molar-refractivity contribution in [2.75, 3.05) is 5.88 Å². The number of rotatable bonds is 2. The third-order valence-corrected chi connectivity index (χ3v) is 0.924. The zero-order valence-corrected chi connectivity index (χ0v) is 6.18. The zero-order chi connectivity index (χ0) is 7.98. The number of hydrogen-bond donors (Lipinski definition) is 0. The molecule has 0 heterocycles. The highest BCUT2D eigenvalue weighted by Crippen LogP contribution is 1.95. The smallest absolute Gasteiger partial charge is 0.326 e. The Morgan fingerprint density at radius 2 is 2.50 bits per heavy atom. The summed E-state index contributed by atoms with van der Waals surface area (Å²) in [5, 5.41) is 8.23. The minimum Gasteiger partial charge on any atom is -0.414 e. The summed E-state index contributed by atoms with van der Waals surface area (Å²) in [6.07, 6.45) is 1.39. The molecule has 0 saturated heterocycles. The van der Waals surface area contributed by atoms with Crippen LogP contribution in [0.15, 0.2) is 11.8 Å². The molecule has 0 radical (unpaired) electrons. The van der Waals surface area contributed by atoms with Crippen LogP contribution in [0.5, 0.6) is 0 Å². The third kappa shape index (κ3) is 3.10. The van der Waals surface area contributed by atoms with Gasteiger partial charge in [0.25, 0.3) is 0 Å². The van der Waals surface area contributed by atoms with Gasteiger partial charge in [0.1, 0.15) is 11.9 Å². The maximum atomic E-state index is 10.4. The lowest BCUT2D eigenvalue weighted by atomic mass is 10.5. The molecule has 0 aromatic rings. The Balaban J connectivity index is 3.91. The molecule has 0 aromatic heterocycles. The Hall–Kier alpha value is -1.01. The third-order valence-electron chi connectivity index (χ3n) is 0.705. The van der Waals surface area contributed by atoms with Gasteiger partial charge in [-0.25, -0.2) is 0 Å². The number of alkyl halides is 1. The fourth-order valence-corrected chi connectivity index (χ4v) is 0.351. The number of nitrogens with zero attached hydrogens (tertiary/aromatic N) is 1. The van der Waals surface area contributed by atoms with Crippen molar-refractivity contribution in [2.45, 2.75) is 6.92 Å². The minimum atomic E-state index is -0.615.